The van der Waals surface area contributed by atoms with Gasteiger partial charge in [0.25, 0.3) is 5.97 Å². The molecule has 0 saturated carbocycles. The first-order valence-electron chi connectivity index (χ1n) is 0.928. The van der Waals surface area contributed by atoms with Gasteiger partial charge in [0.05, 0.1) is 0 Å². The van der Waals surface area contributed by atoms with E-state index in [9.17, 15) is 0 Å². The number of hydrogen-bond donors (Lipinski definition) is 1. The third kappa shape index (κ3) is 66.5. The molecule has 0 aliphatic heterocycles. The van der Waals surface area contributed by atoms with Gasteiger partial charge in [0.15, 0.2) is 0 Å². The van der Waals surface area contributed by atoms with Crippen molar-refractivity contribution in [1.82, 2.24) is 0 Å². The molecule has 0 aromatic heterocycles. The molecule has 0 rings (SSSR count). The number of aliphatic carboxylic acids is 1. The maximum absolute atomic E-state index is 9.00. The molecule has 6 heavy (non-hydrogen) atoms. The smallest absolute Gasteiger partial charge is 0.300 e. The summed E-state index contributed by atoms with van der Waals surface area (Å²) < 4.78 is 0. The zero-order valence-electron chi connectivity index (χ0n) is 3.25. The van der Waals surface area contributed by atoms with Gasteiger partial charge in [0, 0.05) is 59.0 Å². The van der Waals surface area contributed by atoms with Crippen LogP contribution in [0.1, 0.15) is 6.92 Å². The van der Waals surface area contributed by atoms with Gasteiger partial charge in [-0.25, -0.2) is 0 Å². The molecule has 0 atom stereocenters. The summed E-state index contributed by atoms with van der Waals surface area (Å²) in [6.07, 6.45) is 0. The Morgan fingerprint density at radius 2 is 1.67 bits per heavy atom. The SMILES string of the molecule is CC(=O)O.[La].[Ni]. The average Bonchev–Trinajstić information content (AvgIpc) is 0.811. The molecule has 0 amide bonds. The first-order valence-corrected chi connectivity index (χ1v) is 0.928. The molecule has 0 bridgehead atoms. The maximum Gasteiger partial charge on any atom is 0.300 e. The topological polar surface area (TPSA) is 37.3 Å². The van der Waals surface area contributed by atoms with Crippen LogP contribution in [-0.4, -0.2) is 11.1 Å². The number of rotatable bonds is 0. The minimum atomic E-state index is -0.833. The molecule has 0 fully saturated rings. The maximum atomic E-state index is 9.00. The number of carbonyl (C=O) groups is 1. The molecule has 0 aromatic rings. The molecule has 1 N–H and O–H groups in total. The van der Waals surface area contributed by atoms with Crippen LogP contribution in [-0.2, 0) is 21.3 Å². The van der Waals surface area contributed by atoms with Crippen LogP contribution in [0.15, 0.2) is 0 Å². The van der Waals surface area contributed by atoms with E-state index in [0.29, 0.717) is 0 Å². The van der Waals surface area contributed by atoms with Crippen LogP contribution in [0.25, 0.3) is 0 Å². The zero-order valence-corrected chi connectivity index (χ0v) is 7.86. The molecule has 0 saturated heterocycles. The molecule has 0 aromatic carbocycles. The quantitative estimate of drug-likeness (QED) is 0.625. The van der Waals surface area contributed by atoms with Crippen molar-refractivity contribution in [1.29, 1.82) is 0 Å². The van der Waals surface area contributed by atoms with Crippen LogP contribution in [0.2, 0.25) is 0 Å². The van der Waals surface area contributed by atoms with Crippen molar-refractivity contribution in [2.24, 2.45) is 0 Å². The van der Waals surface area contributed by atoms with Gasteiger partial charge < -0.3 is 5.11 Å². The van der Waals surface area contributed by atoms with Crippen molar-refractivity contribution in [2.75, 3.05) is 0 Å². The summed E-state index contributed by atoms with van der Waals surface area (Å²) in [5.41, 5.74) is 0. The molecule has 2 nitrogen and oxygen atoms in total. The van der Waals surface area contributed by atoms with Crippen molar-refractivity contribution < 1.29 is 62.0 Å². The fourth-order valence-corrected chi connectivity index (χ4v) is 0. The third-order valence-electron chi connectivity index (χ3n) is 0. The predicted octanol–water partition coefficient (Wildman–Crippen LogP) is 0.0884. The van der Waals surface area contributed by atoms with E-state index >= 15 is 0 Å². The van der Waals surface area contributed by atoms with Gasteiger partial charge in [-0.2, -0.15) is 0 Å². The van der Waals surface area contributed by atoms with E-state index in [4.69, 9.17) is 9.90 Å². The van der Waals surface area contributed by atoms with Crippen LogP contribution < -0.4 is 0 Å². The van der Waals surface area contributed by atoms with Gasteiger partial charge in [0.1, 0.15) is 0 Å². The molecule has 0 unspecified atom stereocenters. The van der Waals surface area contributed by atoms with Gasteiger partial charge in [-0.15, -0.1) is 0 Å². The van der Waals surface area contributed by atoms with Gasteiger partial charge in [-0.05, 0) is 0 Å². The van der Waals surface area contributed by atoms with E-state index in [1.807, 2.05) is 0 Å². The Kier molecular flexibility index (Phi) is 24.8. The summed E-state index contributed by atoms with van der Waals surface area (Å²) in [5.74, 6) is -0.833. The van der Waals surface area contributed by atoms with Crippen LogP contribution in [0.3, 0.4) is 0 Å². The minimum Gasteiger partial charge on any atom is -0.481 e. The van der Waals surface area contributed by atoms with Crippen LogP contribution in [0, 0.1) is 35.6 Å². The molecule has 4 heteroatoms. The second-order valence-corrected chi connectivity index (χ2v) is 0.519. The largest absolute Gasteiger partial charge is 0.481 e. The van der Waals surface area contributed by atoms with Crippen molar-refractivity contribution in [3.05, 3.63) is 0 Å². The van der Waals surface area contributed by atoms with E-state index in [1.54, 1.807) is 0 Å². The standard InChI is InChI=1S/C2H4O2.La.Ni/c1-2(3)4;;/h1H3,(H,3,4);;. The second kappa shape index (κ2) is 9.48. The van der Waals surface area contributed by atoms with E-state index in [0.717, 1.165) is 6.92 Å². The Balaban J connectivity index is -0.0000000450. The summed E-state index contributed by atoms with van der Waals surface area (Å²) in [4.78, 5) is 9.00. The summed E-state index contributed by atoms with van der Waals surface area (Å²) in [5, 5.41) is 7.42. The minimum absolute atomic E-state index is 0. The summed E-state index contributed by atoms with van der Waals surface area (Å²) >= 11 is 0. The first kappa shape index (κ1) is 15.7. The Hall–Kier alpha value is 1.16. The van der Waals surface area contributed by atoms with Crippen molar-refractivity contribution >= 4 is 5.97 Å². The number of hydrogen-bond acceptors (Lipinski definition) is 1. The van der Waals surface area contributed by atoms with Crippen molar-refractivity contribution in [2.45, 2.75) is 6.92 Å². The number of carboxylic acid groups (broad SMARTS) is 1. The van der Waals surface area contributed by atoms with Crippen LogP contribution in [0.5, 0.6) is 0 Å². The van der Waals surface area contributed by atoms with Crippen LogP contribution >= 0.6 is 0 Å². The molecule has 37 valence electrons. The van der Waals surface area contributed by atoms with Gasteiger partial charge in [-0.1, -0.05) is 0 Å². The van der Waals surface area contributed by atoms with E-state index in [1.165, 1.54) is 0 Å². The van der Waals surface area contributed by atoms with Crippen molar-refractivity contribution in [3.63, 3.8) is 0 Å². The molecule has 0 aliphatic rings. The molecule has 1 radical (unpaired) electrons. The van der Waals surface area contributed by atoms with Crippen molar-refractivity contribution in [3.8, 4) is 0 Å². The summed E-state index contributed by atoms with van der Waals surface area (Å²) in [6, 6.07) is 0. The monoisotopic (exact) mass is 257 g/mol. The zero-order chi connectivity index (χ0) is 3.58. The predicted molar refractivity (Wildman–Crippen MR) is 13.3 cm³/mol. The Labute approximate surface area is 74.2 Å². The normalized spacial score (nSPS) is 4.17. The molecule has 0 spiro atoms. The van der Waals surface area contributed by atoms with E-state index in [2.05, 4.69) is 0 Å². The molecule has 0 aliphatic carbocycles. The first-order chi connectivity index (χ1) is 1.73. The van der Waals surface area contributed by atoms with Gasteiger partial charge in [-0.3, -0.25) is 4.79 Å². The number of carboxylic acids is 1. The molecular weight excluding hydrogens is 254 g/mol. The Bertz CT molecular complexity index is 34.5. The fraction of sp³-hybridized carbons (Fsp3) is 0.500. The Morgan fingerprint density at radius 1 is 1.67 bits per heavy atom. The second-order valence-electron chi connectivity index (χ2n) is 0.519. The molecule has 0 heterocycles. The third-order valence-corrected chi connectivity index (χ3v) is 0. The van der Waals surface area contributed by atoms with Crippen LogP contribution in [0.4, 0.5) is 0 Å². The summed E-state index contributed by atoms with van der Waals surface area (Å²) in [7, 11) is 0. The molecular formula is C2H4LaNiO2. The fourth-order valence-electron chi connectivity index (χ4n) is 0. The van der Waals surface area contributed by atoms with Gasteiger partial charge in [0.2, 0.25) is 0 Å². The Morgan fingerprint density at radius 3 is 1.67 bits per heavy atom. The summed E-state index contributed by atoms with van der Waals surface area (Å²) in [6.45, 7) is 1.08. The average molecular weight is 258 g/mol. The van der Waals surface area contributed by atoms with E-state index in [-0.39, 0.29) is 52.1 Å². The van der Waals surface area contributed by atoms with E-state index < -0.39 is 5.97 Å². The van der Waals surface area contributed by atoms with Gasteiger partial charge >= 0.3 is 0 Å².